The van der Waals surface area contributed by atoms with Crippen LogP contribution in [-0.4, -0.2) is 56.1 Å². The highest BCUT2D eigenvalue weighted by Crippen LogP contribution is 2.07. The van der Waals surface area contributed by atoms with E-state index in [1.54, 1.807) is 0 Å². The fourth-order valence-corrected chi connectivity index (χ4v) is 2.26. The van der Waals surface area contributed by atoms with E-state index in [1.165, 1.54) is 6.54 Å². The van der Waals surface area contributed by atoms with Crippen molar-refractivity contribution in [3.05, 3.63) is 23.7 Å². The lowest BCUT2D eigenvalue weighted by molar-refractivity contribution is 0.113. The number of rotatable bonds is 4. The van der Waals surface area contributed by atoms with Crippen LogP contribution in [0.25, 0.3) is 0 Å². The second-order valence-electron chi connectivity index (χ2n) is 5.04. The van der Waals surface area contributed by atoms with Crippen molar-refractivity contribution < 1.29 is 4.42 Å². The van der Waals surface area contributed by atoms with E-state index in [0.29, 0.717) is 6.04 Å². The minimum Gasteiger partial charge on any atom is -0.465 e. The van der Waals surface area contributed by atoms with Gasteiger partial charge in [0.25, 0.3) is 0 Å². The first-order chi connectivity index (χ1) is 8.15. The molecule has 96 valence electrons. The van der Waals surface area contributed by atoms with Crippen LogP contribution in [0.15, 0.2) is 16.5 Å². The van der Waals surface area contributed by atoms with Crippen molar-refractivity contribution in [1.82, 2.24) is 15.1 Å². The van der Waals surface area contributed by atoms with Gasteiger partial charge in [0, 0.05) is 32.2 Å². The summed E-state index contributed by atoms with van der Waals surface area (Å²) in [7, 11) is 4.40. The number of furan rings is 1. The third kappa shape index (κ3) is 3.56. The molecule has 4 heteroatoms. The Labute approximate surface area is 104 Å². The molecule has 0 radical (unpaired) electrons. The van der Waals surface area contributed by atoms with Crippen LogP contribution in [0.1, 0.15) is 11.5 Å². The normalized spacial score (nSPS) is 23.1. The zero-order chi connectivity index (χ0) is 12.3. The molecule has 0 spiro atoms. The number of hydrogen-bond acceptors (Lipinski definition) is 4. The van der Waals surface area contributed by atoms with Crippen molar-refractivity contribution in [1.29, 1.82) is 0 Å². The molecule has 1 N–H and O–H groups in total. The molecule has 4 nitrogen and oxygen atoms in total. The molecule has 1 fully saturated rings. The predicted molar refractivity (Wildman–Crippen MR) is 69.1 cm³/mol. The number of nitrogens with zero attached hydrogens (tertiary/aromatic N) is 2. The maximum Gasteiger partial charge on any atom is 0.117 e. The highest BCUT2D eigenvalue weighted by atomic mass is 16.3. The van der Waals surface area contributed by atoms with Gasteiger partial charge in [0.15, 0.2) is 0 Å². The molecule has 1 aromatic rings. The van der Waals surface area contributed by atoms with E-state index in [1.807, 2.05) is 19.1 Å². The second-order valence-corrected chi connectivity index (χ2v) is 5.04. The molecule has 1 aliphatic heterocycles. The number of hydrogen-bond donors (Lipinski definition) is 1. The summed E-state index contributed by atoms with van der Waals surface area (Å²) in [6.07, 6.45) is 0. The van der Waals surface area contributed by atoms with E-state index < -0.39 is 0 Å². The Kier molecular flexibility index (Phi) is 4.20. The largest absolute Gasteiger partial charge is 0.465 e. The van der Waals surface area contributed by atoms with Gasteiger partial charge in [-0.3, -0.25) is 4.90 Å². The first-order valence-corrected chi connectivity index (χ1v) is 6.30. The molecule has 0 bridgehead atoms. The van der Waals surface area contributed by atoms with Crippen molar-refractivity contribution in [2.45, 2.75) is 19.5 Å². The average molecular weight is 237 g/mol. The Morgan fingerprint density at radius 3 is 2.88 bits per heavy atom. The summed E-state index contributed by atoms with van der Waals surface area (Å²) >= 11 is 0. The van der Waals surface area contributed by atoms with Gasteiger partial charge in [-0.15, -0.1) is 0 Å². The summed E-state index contributed by atoms with van der Waals surface area (Å²) in [6.45, 7) is 7.28. The number of aryl methyl sites for hydroxylation is 1. The number of piperazine rings is 1. The summed E-state index contributed by atoms with van der Waals surface area (Å²) in [5.41, 5.74) is 0. The van der Waals surface area contributed by atoms with Crippen molar-refractivity contribution in [2.24, 2.45) is 0 Å². The molecule has 0 aliphatic carbocycles. The smallest absolute Gasteiger partial charge is 0.117 e. The lowest BCUT2D eigenvalue weighted by Crippen LogP contribution is -2.53. The molecule has 1 aromatic heterocycles. The van der Waals surface area contributed by atoms with Gasteiger partial charge in [-0.2, -0.15) is 0 Å². The van der Waals surface area contributed by atoms with Crippen LogP contribution in [0.5, 0.6) is 0 Å². The standard InChI is InChI=1S/C13H23N3O/c1-11-4-5-13(17-11)9-14-8-12-10-15(2)6-7-16(12)3/h4-5,12,14H,6-10H2,1-3H3. The van der Waals surface area contributed by atoms with Crippen LogP contribution in [0.4, 0.5) is 0 Å². The molecule has 1 unspecified atom stereocenters. The minimum absolute atomic E-state index is 0.602. The molecular formula is C13H23N3O. The van der Waals surface area contributed by atoms with Crippen LogP contribution < -0.4 is 5.32 Å². The van der Waals surface area contributed by atoms with Crippen LogP contribution in [0, 0.1) is 6.92 Å². The monoisotopic (exact) mass is 237 g/mol. The second kappa shape index (κ2) is 5.67. The molecule has 2 heterocycles. The van der Waals surface area contributed by atoms with Gasteiger partial charge in [-0.05, 0) is 33.2 Å². The van der Waals surface area contributed by atoms with E-state index in [9.17, 15) is 0 Å². The third-order valence-corrected chi connectivity index (χ3v) is 3.46. The molecular weight excluding hydrogens is 214 g/mol. The maximum atomic E-state index is 5.53. The molecule has 1 atom stereocenters. The first-order valence-electron chi connectivity index (χ1n) is 6.30. The summed E-state index contributed by atoms with van der Waals surface area (Å²) in [6, 6.07) is 4.65. The maximum absolute atomic E-state index is 5.53. The molecule has 0 amide bonds. The first kappa shape index (κ1) is 12.6. The number of nitrogens with one attached hydrogen (secondary N) is 1. The van der Waals surface area contributed by atoms with Gasteiger partial charge in [0.1, 0.15) is 11.5 Å². The molecule has 0 aromatic carbocycles. The van der Waals surface area contributed by atoms with Gasteiger partial charge in [0.05, 0.1) is 6.54 Å². The fourth-order valence-electron chi connectivity index (χ4n) is 2.26. The molecule has 1 aliphatic rings. The van der Waals surface area contributed by atoms with Gasteiger partial charge >= 0.3 is 0 Å². The lowest BCUT2D eigenvalue weighted by atomic mass is 10.2. The van der Waals surface area contributed by atoms with Crippen molar-refractivity contribution in [3.63, 3.8) is 0 Å². The summed E-state index contributed by atoms with van der Waals surface area (Å²) in [5.74, 6) is 2.01. The quantitative estimate of drug-likeness (QED) is 0.844. The summed E-state index contributed by atoms with van der Waals surface area (Å²) in [4.78, 5) is 4.82. The zero-order valence-corrected chi connectivity index (χ0v) is 11.1. The predicted octanol–water partition coefficient (Wildman–Crippen LogP) is 0.923. The fraction of sp³-hybridized carbons (Fsp3) is 0.692. The third-order valence-electron chi connectivity index (χ3n) is 3.46. The molecule has 17 heavy (non-hydrogen) atoms. The molecule has 0 saturated carbocycles. The van der Waals surface area contributed by atoms with Gasteiger partial charge in [-0.25, -0.2) is 0 Å². The number of likely N-dealkylation sites (N-methyl/N-ethyl adjacent to an activating group) is 2. The van der Waals surface area contributed by atoms with Crippen molar-refractivity contribution in [3.8, 4) is 0 Å². The van der Waals surface area contributed by atoms with Crippen LogP contribution in [0.3, 0.4) is 0 Å². The Morgan fingerprint density at radius 1 is 1.35 bits per heavy atom. The zero-order valence-electron chi connectivity index (χ0n) is 11.1. The van der Waals surface area contributed by atoms with Crippen LogP contribution in [0.2, 0.25) is 0 Å². The van der Waals surface area contributed by atoms with E-state index in [-0.39, 0.29) is 0 Å². The minimum atomic E-state index is 0.602. The SMILES string of the molecule is Cc1ccc(CNCC2CN(C)CCN2C)o1. The van der Waals surface area contributed by atoms with E-state index in [4.69, 9.17) is 4.42 Å². The van der Waals surface area contributed by atoms with Crippen LogP contribution >= 0.6 is 0 Å². The topological polar surface area (TPSA) is 31.6 Å². The van der Waals surface area contributed by atoms with Crippen molar-refractivity contribution in [2.75, 3.05) is 40.3 Å². The van der Waals surface area contributed by atoms with E-state index >= 15 is 0 Å². The molecule has 1 saturated heterocycles. The highest BCUT2D eigenvalue weighted by Gasteiger charge is 2.21. The summed E-state index contributed by atoms with van der Waals surface area (Å²) in [5, 5.41) is 3.47. The Balaban J connectivity index is 1.74. The van der Waals surface area contributed by atoms with Crippen molar-refractivity contribution >= 4 is 0 Å². The lowest BCUT2D eigenvalue weighted by Gasteiger charge is -2.37. The molecule has 2 rings (SSSR count). The highest BCUT2D eigenvalue weighted by molar-refractivity contribution is 5.05. The van der Waals surface area contributed by atoms with E-state index in [0.717, 1.165) is 37.7 Å². The Hall–Kier alpha value is -0.840. The average Bonchev–Trinajstić information content (AvgIpc) is 2.69. The summed E-state index contributed by atoms with van der Waals surface area (Å²) < 4.78 is 5.53. The van der Waals surface area contributed by atoms with Gasteiger partial charge < -0.3 is 14.6 Å². The Morgan fingerprint density at radius 2 is 2.18 bits per heavy atom. The Bertz CT molecular complexity index is 350. The van der Waals surface area contributed by atoms with E-state index in [2.05, 4.69) is 29.2 Å². The van der Waals surface area contributed by atoms with Gasteiger partial charge in [-0.1, -0.05) is 0 Å². The van der Waals surface area contributed by atoms with Crippen LogP contribution in [-0.2, 0) is 6.54 Å². The van der Waals surface area contributed by atoms with Gasteiger partial charge in [0.2, 0.25) is 0 Å².